The first-order valence-corrected chi connectivity index (χ1v) is 8.94. The number of nitro groups is 1. The number of amides is 1. The number of Topliss-reactive ketones (excluding diaryl/α,β-unsaturated/α-hetero) is 1. The number of carbonyl (C=O) groups is 2. The summed E-state index contributed by atoms with van der Waals surface area (Å²) in [6.45, 7) is 2.89. The largest absolute Gasteiger partial charge is 0.366 e. The van der Waals surface area contributed by atoms with E-state index in [1.807, 2.05) is 0 Å². The number of hydrogen-bond donors (Lipinski definition) is 0. The van der Waals surface area contributed by atoms with Crippen molar-refractivity contribution < 1.29 is 18.9 Å². The van der Waals surface area contributed by atoms with E-state index in [0.29, 0.717) is 37.4 Å². The van der Waals surface area contributed by atoms with Crippen LogP contribution >= 0.6 is 11.6 Å². The quantitative estimate of drug-likeness (QED) is 0.441. The number of nitrogens with zero attached hydrogens (tertiary/aromatic N) is 3. The van der Waals surface area contributed by atoms with Crippen LogP contribution in [0, 0.1) is 15.9 Å². The van der Waals surface area contributed by atoms with Gasteiger partial charge in [-0.15, -0.1) is 0 Å². The number of hydrogen-bond acceptors (Lipinski definition) is 5. The number of halogens is 2. The summed E-state index contributed by atoms with van der Waals surface area (Å²) in [4.78, 5) is 37.6. The molecule has 146 valence electrons. The van der Waals surface area contributed by atoms with Crippen molar-refractivity contribution in [2.75, 3.05) is 31.1 Å². The average Bonchev–Trinajstić information content (AvgIpc) is 2.67. The van der Waals surface area contributed by atoms with E-state index in [4.69, 9.17) is 11.6 Å². The van der Waals surface area contributed by atoms with Crippen LogP contribution < -0.4 is 4.90 Å². The number of ketones is 1. The zero-order valence-electron chi connectivity index (χ0n) is 15.0. The van der Waals surface area contributed by atoms with Crippen molar-refractivity contribution >= 4 is 34.7 Å². The van der Waals surface area contributed by atoms with Gasteiger partial charge in [-0.3, -0.25) is 19.7 Å². The normalized spacial score (nSPS) is 14.1. The van der Waals surface area contributed by atoms with Gasteiger partial charge in [0.25, 0.3) is 11.6 Å². The summed E-state index contributed by atoms with van der Waals surface area (Å²) in [5.41, 5.74) is 0.696. The third-order valence-electron chi connectivity index (χ3n) is 4.66. The highest BCUT2D eigenvalue weighted by Gasteiger charge is 2.26. The molecule has 3 rings (SSSR count). The molecule has 0 aliphatic carbocycles. The van der Waals surface area contributed by atoms with Gasteiger partial charge in [0, 0.05) is 43.9 Å². The Morgan fingerprint density at radius 3 is 2.32 bits per heavy atom. The minimum absolute atomic E-state index is 0.0208. The molecular formula is C19H17ClFN3O4. The first kappa shape index (κ1) is 19.8. The Bertz CT molecular complexity index is 958. The maximum absolute atomic E-state index is 14.3. The van der Waals surface area contributed by atoms with E-state index in [-0.39, 0.29) is 28.0 Å². The Morgan fingerprint density at radius 1 is 1.11 bits per heavy atom. The fourth-order valence-electron chi connectivity index (χ4n) is 3.09. The molecule has 7 nitrogen and oxygen atoms in total. The van der Waals surface area contributed by atoms with Gasteiger partial charge in [-0.25, -0.2) is 4.39 Å². The monoisotopic (exact) mass is 405 g/mol. The van der Waals surface area contributed by atoms with Crippen molar-refractivity contribution in [3.8, 4) is 0 Å². The highest BCUT2D eigenvalue weighted by atomic mass is 35.5. The molecule has 2 aromatic rings. The summed E-state index contributed by atoms with van der Waals surface area (Å²) >= 11 is 6.03. The number of piperazine rings is 1. The Morgan fingerprint density at radius 2 is 1.79 bits per heavy atom. The zero-order valence-corrected chi connectivity index (χ0v) is 15.8. The van der Waals surface area contributed by atoms with E-state index in [0.717, 1.165) is 6.07 Å². The van der Waals surface area contributed by atoms with Gasteiger partial charge in [-0.2, -0.15) is 0 Å². The predicted octanol–water partition coefficient (Wildman–Crippen LogP) is 3.55. The fourth-order valence-corrected chi connectivity index (χ4v) is 3.35. The van der Waals surface area contributed by atoms with Crippen LogP contribution in [-0.2, 0) is 0 Å². The molecule has 0 atom stereocenters. The first-order chi connectivity index (χ1) is 13.3. The minimum Gasteiger partial charge on any atom is -0.366 e. The molecule has 1 saturated heterocycles. The molecular weight excluding hydrogens is 389 g/mol. The van der Waals surface area contributed by atoms with Gasteiger partial charge in [0.2, 0.25) is 0 Å². The lowest BCUT2D eigenvalue weighted by atomic mass is 10.1. The van der Waals surface area contributed by atoms with Crippen molar-refractivity contribution in [2.45, 2.75) is 6.92 Å². The predicted molar refractivity (Wildman–Crippen MR) is 103 cm³/mol. The molecule has 0 bridgehead atoms. The molecule has 0 spiro atoms. The van der Waals surface area contributed by atoms with Crippen LogP contribution in [0.5, 0.6) is 0 Å². The Kier molecular flexibility index (Phi) is 5.60. The van der Waals surface area contributed by atoms with Crippen molar-refractivity contribution in [3.63, 3.8) is 0 Å². The van der Waals surface area contributed by atoms with Crippen LogP contribution in [0.25, 0.3) is 0 Å². The molecule has 2 aromatic carbocycles. The molecule has 1 amide bonds. The zero-order chi connectivity index (χ0) is 20.4. The summed E-state index contributed by atoms with van der Waals surface area (Å²) in [7, 11) is 0. The van der Waals surface area contributed by atoms with E-state index in [9.17, 15) is 24.1 Å². The van der Waals surface area contributed by atoms with Crippen molar-refractivity contribution in [1.29, 1.82) is 0 Å². The number of nitro benzene ring substituents is 1. The molecule has 28 heavy (non-hydrogen) atoms. The second kappa shape index (κ2) is 7.93. The molecule has 9 heteroatoms. The van der Waals surface area contributed by atoms with Gasteiger partial charge in [-0.05, 0) is 31.2 Å². The van der Waals surface area contributed by atoms with E-state index in [1.54, 1.807) is 21.9 Å². The number of non-ortho nitro benzene ring substituents is 1. The Hall–Kier alpha value is -3.00. The summed E-state index contributed by atoms with van der Waals surface area (Å²) in [5, 5.41) is 10.8. The van der Waals surface area contributed by atoms with E-state index in [1.165, 1.54) is 25.1 Å². The van der Waals surface area contributed by atoms with Gasteiger partial charge in [-0.1, -0.05) is 11.6 Å². The molecule has 1 heterocycles. The minimum atomic E-state index is -0.579. The number of benzene rings is 2. The molecule has 0 aromatic heterocycles. The first-order valence-electron chi connectivity index (χ1n) is 8.56. The smallest absolute Gasteiger partial charge is 0.270 e. The summed E-state index contributed by atoms with van der Waals surface area (Å²) in [5.74, 6) is -1.02. The van der Waals surface area contributed by atoms with Crippen molar-refractivity contribution in [2.24, 2.45) is 0 Å². The Labute approximate surface area is 165 Å². The fraction of sp³-hybridized carbons (Fsp3) is 0.263. The lowest BCUT2D eigenvalue weighted by molar-refractivity contribution is -0.384. The molecule has 0 N–H and O–H groups in total. The second-order valence-electron chi connectivity index (χ2n) is 6.42. The van der Waals surface area contributed by atoms with Gasteiger partial charge < -0.3 is 9.80 Å². The van der Waals surface area contributed by atoms with Crippen molar-refractivity contribution in [3.05, 3.63) is 68.5 Å². The maximum Gasteiger partial charge on any atom is 0.270 e. The number of carbonyl (C=O) groups excluding carboxylic acids is 2. The second-order valence-corrected chi connectivity index (χ2v) is 6.83. The number of anilines is 1. The Balaban J connectivity index is 1.69. The van der Waals surface area contributed by atoms with Crippen LogP contribution in [-0.4, -0.2) is 47.7 Å². The summed E-state index contributed by atoms with van der Waals surface area (Å²) in [6.07, 6.45) is 0. The van der Waals surface area contributed by atoms with Gasteiger partial charge in [0.1, 0.15) is 5.82 Å². The molecule has 0 radical (unpaired) electrons. The third kappa shape index (κ3) is 3.96. The molecule has 1 fully saturated rings. The standard InChI is InChI=1S/C19H17ClFN3O4/c1-12(25)13-2-5-18(17(21)10-13)22-6-8-23(9-7-22)19(26)15-4-3-14(24(27)28)11-16(15)20/h2-5,10-11H,6-9H2,1H3. The maximum atomic E-state index is 14.3. The summed E-state index contributed by atoms with van der Waals surface area (Å²) in [6, 6.07) is 8.09. The van der Waals surface area contributed by atoms with Crippen LogP contribution in [0.1, 0.15) is 27.6 Å². The molecule has 1 aliphatic heterocycles. The van der Waals surface area contributed by atoms with Gasteiger partial charge in [0.15, 0.2) is 5.78 Å². The lowest BCUT2D eigenvalue weighted by Crippen LogP contribution is -2.49. The highest BCUT2D eigenvalue weighted by molar-refractivity contribution is 6.34. The van der Waals surface area contributed by atoms with Crippen LogP contribution in [0.2, 0.25) is 5.02 Å². The van der Waals surface area contributed by atoms with E-state index in [2.05, 4.69) is 0 Å². The van der Waals surface area contributed by atoms with Gasteiger partial charge in [0.05, 0.1) is 21.2 Å². The molecule has 0 unspecified atom stereocenters. The van der Waals surface area contributed by atoms with Crippen LogP contribution in [0.4, 0.5) is 15.8 Å². The lowest BCUT2D eigenvalue weighted by Gasteiger charge is -2.36. The van der Waals surface area contributed by atoms with E-state index >= 15 is 0 Å². The number of rotatable bonds is 4. The van der Waals surface area contributed by atoms with Crippen LogP contribution in [0.15, 0.2) is 36.4 Å². The third-order valence-corrected chi connectivity index (χ3v) is 4.97. The highest BCUT2D eigenvalue weighted by Crippen LogP contribution is 2.26. The van der Waals surface area contributed by atoms with Gasteiger partial charge >= 0.3 is 0 Å². The molecule has 1 aliphatic rings. The summed E-state index contributed by atoms with van der Waals surface area (Å²) < 4.78 is 14.3. The topological polar surface area (TPSA) is 83.8 Å². The molecule has 0 saturated carbocycles. The van der Waals surface area contributed by atoms with Crippen molar-refractivity contribution in [1.82, 2.24) is 4.90 Å². The van der Waals surface area contributed by atoms with E-state index < -0.39 is 10.7 Å². The average molecular weight is 406 g/mol. The van der Waals surface area contributed by atoms with Crippen LogP contribution in [0.3, 0.4) is 0 Å². The SMILES string of the molecule is CC(=O)c1ccc(N2CCN(C(=O)c3ccc([N+](=O)[O-])cc3Cl)CC2)c(F)c1.